The van der Waals surface area contributed by atoms with E-state index in [1.807, 2.05) is 24.8 Å². The van der Waals surface area contributed by atoms with Crippen LogP contribution in [0.4, 0.5) is 0 Å². The molecule has 36 heavy (non-hydrogen) atoms. The molecule has 0 radical (unpaired) electrons. The van der Waals surface area contributed by atoms with Crippen LogP contribution in [0.5, 0.6) is 5.75 Å². The quantitative estimate of drug-likeness (QED) is 0.537. The van der Waals surface area contributed by atoms with Gasteiger partial charge in [0.25, 0.3) is 17.4 Å². The molecule has 4 rings (SSSR count). The summed E-state index contributed by atoms with van der Waals surface area (Å²) in [6.07, 6.45) is 3.17. The van der Waals surface area contributed by atoms with E-state index in [0.29, 0.717) is 28.0 Å². The van der Waals surface area contributed by atoms with Gasteiger partial charge in [-0.15, -0.1) is 0 Å². The number of aromatic amines is 1. The summed E-state index contributed by atoms with van der Waals surface area (Å²) in [5.74, 6) is 0.770. The zero-order valence-electron chi connectivity index (χ0n) is 21.4. The van der Waals surface area contributed by atoms with Gasteiger partial charge in [-0.1, -0.05) is 12.1 Å². The lowest BCUT2D eigenvalue weighted by atomic mass is 9.97. The van der Waals surface area contributed by atoms with Crippen molar-refractivity contribution in [2.24, 2.45) is 0 Å². The number of ether oxygens (including phenoxy) is 1. The minimum absolute atomic E-state index is 0.0160. The van der Waals surface area contributed by atoms with E-state index in [0.717, 1.165) is 19.3 Å². The summed E-state index contributed by atoms with van der Waals surface area (Å²) in [6.45, 7) is 8.15. The Morgan fingerprint density at radius 3 is 2.42 bits per heavy atom. The summed E-state index contributed by atoms with van der Waals surface area (Å²) >= 11 is 0. The molecule has 0 spiro atoms. The Balaban J connectivity index is 1.42. The number of fused-ring (bicyclic) bond motifs is 1. The third kappa shape index (κ3) is 5.58. The number of likely N-dealkylation sites (tertiary alicyclic amines) is 1. The van der Waals surface area contributed by atoms with Gasteiger partial charge >= 0.3 is 0 Å². The highest BCUT2D eigenvalue weighted by molar-refractivity contribution is 5.94. The third-order valence-corrected chi connectivity index (χ3v) is 6.81. The molecule has 1 aliphatic heterocycles. The number of hydrogen-bond acceptors (Lipinski definition) is 5. The van der Waals surface area contributed by atoms with Crippen molar-refractivity contribution in [3.05, 3.63) is 70.3 Å². The lowest BCUT2D eigenvalue weighted by Crippen LogP contribution is -2.49. The number of nitrogens with zero attached hydrogens (tertiary/aromatic N) is 3. The van der Waals surface area contributed by atoms with Crippen LogP contribution >= 0.6 is 0 Å². The number of carbonyl (C=O) groups excluding carboxylic acids is 2. The molecule has 1 N–H and O–H groups in total. The highest BCUT2D eigenvalue weighted by Gasteiger charge is 2.29. The first-order chi connectivity index (χ1) is 17.2. The van der Waals surface area contributed by atoms with Crippen LogP contribution in [-0.2, 0) is 11.3 Å². The number of H-pyrrole nitrogens is 1. The SMILES string of the molecule is CC(C)N(Cc1nc2ccccc2c(=O)[nH]1)C(=O)c1ccc(OCC(=O)N2C(C)CCCC2C)cc1. The van der Waals surface area contributed by atoms with Gasteiger partial charge in [0.05, 0.1) is 17.4 Å². The summed E-state index contributed by atoms with van der Waals surface area (Å²) in [5.41, 5.74) is 0.858. The molecule has 2 aromatic carbocycles. The Morgan fingerprint density at radius 2 is 1.75 bits per heavy atom. The van der Waals surface area contributed by atoms with E-state index >= 15 is 0 Å². The summed E-state index contributed by atoms with van der Waals surface area (Å²) < 4.78 is 5.74. The van der Waals surface area contributed by atoms with Crippen LogP contribution in [0.25, 0.3) is 10.9 Å². The lowest BCUT2D eigenvalue weighted by Gasteiger charge is -2.38. The second-order valence-corrected chi connectivity index (χ2v) is 9.80. The molecule has 2 heterocycles. The number of aromatic nitrogens is 2. The van der Waals surface area contributed by atoms with Crippen molar-refractivity contribution in [1.82, 2.24) is 19.8 Å². The molecule has 2 atom stereocenters. The topological polar surface area (TPSA) is 95.6 Å². The fraction of sp³-hybridized carbons (Fsp3) is 0.429. The van der Waals surface area contributed by atoms with Crippen LogP contribution in [0.15, 0.2) is 53.3 Å². The molecule has 1 aromatic heterocycles. The molecule has 2 unspecified atom stereocenters. The highest BCUT2D eigenvalue weighted by atomic mass is 16.5. The summed E-state index contributed by atoms with van der Waals surface area (Å²) in [4.78, 5) is 49.4. The fourth-order valence-corrected chi connectivity index (χ4v) is 4.85. The van der Waals surface area contributed by atoms with Crippen molar-refractivity contribution in [1.29, 1.82) is 0 Å². The second kappa shape index (κ2) is 10.9. The summed E-state index contributed by atoms with van der Waals surface area (Å²) in [7, 11) is 0. The minimum Gasteiger partial charge on any atom is -0.484 e. The number of amides is 2. The van der Waals surface area contributed by atoms with Gasteiger partial charge < -0.3 is 19.5 Å². The maximum Gasteiger partial charge on any atom is 0.260 e. The first-order valence-corrected chi connectivity index (χ1v) is 12.6. The normalized spacial score (nSPS) is 17.9. The van der Waals surface area contributed by atoms with Gasteiger partial charge in [-0.3, -0.25) is 14.4 Å². The largest absolute Gasteiger partial charge is 0.484 e. The molecule has 8 nitrogen and oxygen atoms in total. The van der Waals surface area contributed by atoms with E-state index in [2.05, 4.69) is 23.8 Å². The van der Waals surface area contributed by atoms with Crippen LogP contribution in [0.3, 0.4) is 0 Å². The van der Waals surface area contributed by atoms with Gasteiger partial charge in [0.1, 0.15) is 11.6 Å². The molecule has 3 aromatic rings. The molecule has 190 valence electrons. The Kier molecular flexibility index (Phi) is 7.72. The van der Waals surface area contributed by atoms with Gasteiger partial charge in [0.2, 0.25) is 0 Å². The number of benzene rings is 2. The zero-order chi connectivity index (χ0) is 25.8. The van der Waals surface area contributed by atoms with E-state index in [9.17, 15) is 14.4 Å². The molecule has 1 saturated heterocycles. The third-order valence-electron chi connectivity index (χ3n) is 6.81. The molecular formula is C28H34N4O4. The number of piperidine rings is 1. The molecule has 1 fully saturated rings. The van der Waals surface area contributed by atoms with Gasteiger partial charge in [-0.25, -0.2) is 4.98 Å². The number of rotatable bonds is 7. The molecule has 1 aliphatic rings. The maximum atomic E-state index is 13.3. The Labute approximate surface area is 211 Å². The van der Waals surface area contributed by atoms with E-state index in [-0.39, 0.29) is 48.7 Å². The van der Waals surface area contributed by atoms with Crippen molar-refractivity contribution >= 4 is 22.7 Å². The monoisotopic (exact) mass is 490 g/mol. The van der Waals surface area contributed by atoms with Gasteiger partial charge in [-0.2, -0.15) is 0 Å². The van der Waals surface area contributed by atoms with E-state index in [1.54, 1.807) is 47.4 Å². The standard InChI is InChI=1S/C28H34N4O4/c1-18(2)31(16-25-29-24-11-6-5-10-23(24)27(34)30-25)28(35)21-12-14-22(15-13-21)36-17-26(33)32-19(3)8-7-9-20(32)4/h5-6,10-15,18-20H,7-9,16-17H2,1-4H3,(H,29,30,34). The van der Waals surface area contributed by atoms with Crippen LogP contribution in [0, 0.1) is 0 Å². The maximum absolute atomic E-state index is 13.3. The predicted molar refractivity (Wildman–Crippen MR) is 139 cm³/mol. The van der Waals surface area contributed by atoms with Crippen LogP contribution in [-0.4, -0.2) is 56.3 Å². The smallest absolute Gasteiger partial charge is 0.260 e. The first-order valence-electron chi connectivity index (χ1n) is 12.6. The van der Waals surface area contributed by atoms with Crippen LogP contribution < -0.4 is 10.3 Å². The Morgan fingerprint density at radius 1 is 1.08 bits per heavy atom. The molecule has 0 saturated carbocycles. The summed E-state index contributed by atoms with van der Waals surface area (Å²) in [6, 6.07) is 14.3. The van der Waals surface area contributed by atoms with Crippen molar-refractivity contribution in [3.8, 4) is 5.75 Å². The number of nitrogens with one attached hydrogen (secondary N) is 1. The van der Waals surface area contributed by atoms with Gasteiger partial charge in [-0.05, 0) is 83.4 Å². The molecule has 2 amide bonds. The van der Waals surface area contributed by atoms with Gasteiger partial charge in [0, 0.05) is 23.7 Å². The summed E-state index contributed by atoms with van der Waals surface area (Å²) in [5, 5.41) is 0.516. The van der Waals surface area contributed by atoms with Crippen molar-refractivity contribution in [2.45, 2.75) is 71.6 Å². The van der Waals surface area contributed by atoms with E-state index < -0.39 is 0 Å². The number of carbonyl (C=O) groups is 2. The fourth-order valence-electron chi connectivity index (χ4n) is 4.85. The molecular weight excluding hydrogens is 456 g/mol. The zero-order valence-corrected chi connectivity index (χ0v) is 21.4. The molecule has 8 heteroatoms. The number of para-hydroxylation sites is 1. The Bertz CT molecular complexity index is 1270. The van der Waals surface area contributed by atoms with Crippen LogP contribution in [0.1, 0.15) is 63.1 Å². The second-order valence-electron chi connectivity index (χ2n) is 9.80. The van der Waals surface area contributed by atoms with Crippen molar-refractivity contribution in [2.75, 3.05) is 6.61 Å². The first kappa shape index (κ1) is 25.4. The van der Waals surface area contributed by atoms with E-state index in [1.165, 1.54) is 0 Å². The van der Waals surface area contributed by atoms with Gasteiger partial charge in [0.15, 0.2) is 6.61 Å². The van der Waals surface area contributed by atoms with Crippen molar-refractivity contribution < 1.29 is 14.3 Å². The minimum atomic E-state index is -0.226. The molecule has 0 bridgehead atoms. The molecule has 0 aliphatic carbocycles. The number of hydrogen-bond donors (Lipinski definition) is 1. The Hall–Kier alpha value is -3.68. The average Bonchev–Trinajstić information content (AvgIpc) is 2.86. The van der Waals surface area contributed by atoms with Crippen LogP contribution in [0.2, 0.25) is 0 Å². The van der Waals surface area contributed by atoms with E-state index in [4.69, 9.17) is 4.74 Å². The predicted octanol–water partition coefficient (Wildman–Crippen LogP) is 4.14. The van der Waals surface area contributed by atoms with Crippen molar-refractivity contribution in [3.63, 3.8) is 0 Å². The highest BCUT2D eigenvalue weighted by Crippen LogP contribution is 2.23. The lowest BCUT2D eigenvalue weighted by molar-refractivity contribution is -0.139. The average molecular weight is 491 g/mol.